The van der Waals surface area contributed by atoms with Crippen LogP contribution in [0.1, 0.15) is 16.3 Å². The summed E-state index contributed by atoms with van der Waals surface area (Å²) in [7, 11) is 0. The van der Waals surface area contributed by atoms with Gasteiger partial charge in [0.2, 0.25) is 0 Å². The molecule has 0 spiro atoms. The fraction of sp³-hybridized carbons (Fsp3) is 0.286. The number of thiazole rings is 1. The smallest absolute Gasteiger partial charge is 0.315 e. The van der Waals surface area contributed by atoms with Gasteiger partial charge in [-0.1, -0.05) is 12.1 Å². The van der Waals surface area contributed by atoms with E-state index in [4.69, 9.17) is 5.73 Å². The summed E-state index contributed by atoms with van der Waals surface area (Å²) in [6, 6.07) is 5.58. The molecule has 4 nitrogen and oxygen atoms in total. The number of nitrogens with zero attached hydrogens (tertiary/aromatic N) is 1. The lowest BCUT2D eigenvalue weighted by Gasteiger charge is -2.27. The Labute approximate surface area is 120 Å². The number of benzene rings is 1. The number of carboxylic acid groups (broad SMARTS) is 1. The van der Waals surface area contributed by atoms with Crippen molar-refractivity contribution in [1.82, 2.24) is 4.98 Å². The minimum Gasteiger partial charge on any atom is -0.481 e. The molecule has 0 radical (unpaired) electrons. The van der Waals surface area contributed by atoms with Crippen molar-refractivity contribution < 1.29 is 14.3 Å². The monoisotopic (exact) mass is 294 g/mol. The maximum atomic E-state index is 13.4. The Kier molecular flexibility index (Phi) is 4.15. The fourth-order valence-corrected chi connectivity index (χ4v) is 2.78. The van der Waals surface area contributed by atoms with E-state index in [2.05, 4.69) is 4.98 Å². The van der Waals surface area contributed by atoms with E-state index in [0.717, 1.165) is 5.01 Å². The fourth-order valence-electron chi connectivity index (χ4n) is 2.16. The largest absolute Gasteiger partial charge is 0.481 e. The first-order valence-electron chi connectivity index (χ1n) is 6.08. The first-order chi connectivity index (χ1) is 9.48. The van der Waals surface area contributed by atoms with Gasteiger partial charge in [-0.15, -0.1) is 11.3 Å². The van der Waals surface area contributed by atoms with Crippen LogP contribution in [0.25, 0.3) is 0 Å². The molecule has 0 aliphatic rings. The van der Waals surface area contributed by atoms with Gasteiger partial charge in [0, 0.05) is 18.3 Å². The van der Waals surface area contributed by atoms with E-state index >= 15 is 0 Å². The standard InChI is InChI=1S/C14H15FN2O2S/c1-9-17-12(7-20-9)6-14(8-16,13(18)19)10-3-2-4-11(15)5-10/h2-5,7H,6,8,16H2,1H3,(H,18,19). The Morgan fingerprint density at radius 3 is 2.80 bits per heavy atom. The first-order valence-corrected chi connectivity index (χ1v) is 6.96. The highest BCUT2D eigenvalue weighted by molar-refractivity contribution is 7.09. The van der Waals surface area contributed by atoms with Crippen molar-refractivity contribution in [3.63, 3.8) is 0 Å². The molecule has 0 bridgehead atoms. The Morgan fingerprint density at radius 2 is 2.30 bits per heavy atom. The van der Waals surface area contributed by atoms with E-state index in [0.29, 0.717) is 11.3 Å². The van der Waals surface area contributed by atoms with Crippen LogP contribution in [0.3, 0.4) is 0 Å². The number of aromatic nitrogens is 1. The van der Waals surface area contributed by atoms with Crippen LogP contribution in [0.15, 0.2) is 29.6 Å². The van der Waals surface area contributed by atoms with E-state index < -0.39 is 17.2 Å². The molecule has 1 heterocycles. The van der Waals surface area contributed by atoms with Crippen molar-refractivity contribution >= 4 is 17.3 Å². The van der Waals surface area contributed by atoms with Crippen LogP contribution in [0.2, 0.25) is 0 Å². The molecule has 1 unspecified atom stereocenters. The quantitative estimate of drug-likeness (QED) is 0.885. The number of aryl methyl sites for hydroxylation is 1. The zero-order valence-corrected chi connectivity index (χ0v) is 11.8. The molecule has 0 aliphatic carbocycles. The molecule has 106 valence electrons. The molecular weight excluding hydrogens is 279 g/mol. The Hall–Kier alpha value is -1.79. The molecule has 6 heteroatoms. The number of hydrogen-bond donors (Lipinski definition) is 2. The number of carbonyl (C=O) groups is 1. The predicted octanol–water partition coefficient (Wildman–Crippen LogP) is 2.11. The summed E-state index contributed by atoms with van der Waals surface area (Å²) in [4.78, 5) is 16.0. The van der Waals surface area contributed by atoms with Crippen LogP contribution in [0, 0.1) is 12.7 Å². The van der Waals surface area contributed by atoms with Crippen molar-refractivity contribution in [2.24, 2.45) is 5.73 Å². The van der Waals surface area contributed by atoms with E-state index in [-0.39, 0.29) is 13.0 Å². The summed E-state index contributed by atoms with van der Waals surface area (Å²) >= 11 is 1.45. The SMILES string of the molecule is Cc1nc(CC(CN)(C(=O)O)c2cccc(F)c2)cs1. The van der Waals surface area contributed by atoms with Gasteiger partial charge in [0.1, 0.15) is 11.2 Å². The van der Waals surface area contributed by atoms with Crippen LogP contribution in [0.4, 0.5) is 4.39 Å². The highest BCUT2D eigenvalue weighted by Gasteiger charge is 2.40. The van der Waals surface area contributed by atoms with E-state index in [9.17, 15) is 14.3 Å². The highest BCUT2D eigenvalue weighted by Crippen LogP contribution is 2.29. The van der Waals surface area contributed by atoms with Crippen LogP contribution in [0.5, 0.6) is 0 Å². The summed E-state index contributed by atoms with van der Waals surface area (Å²) in [6.07, 6.45) is 0.145. The van der Waals surface area contributed by atoms with Gasteiger partial charge in [0.05, 0.1) is 10.7 Å². The van der Waals surface area contributed by atoms with Crippen molar-refractivity contribution in [1.29, 1.82) is 0 Å². The third-order valence-electron chi connectivity index (χ3n) is 3.28. The zero-order chi connectivity index (χ0) is 14.8. The molecule has 0 saturated carbocycles. The molecule has 3 N–H and O–H groups in total. The molecule has 0 amide bonds. The van der Waals surface area contributed by atoms with Gasteiger partial charge in [-0.3, -0.25) is 4.79 Å². The van der Waals surface area contributed by atoms with Crippen molar-refractivity contribution in [3.05, 3.63) is 51.7 Å². The summed E-state index contributed by atoms with van der Waals surface area (Å²) < 4.78 is 13.4. The van der Waals surface area contributed by atoms with Crippen LogP contribution in [-0.4, -0.2) is 22.6 Å². The average Bonchev–Trinajstić information content (AvgIpc) is 2.81. The predicted molar refractivity (Wildman–Crippen MR) is 75.3 cm³/mol. The number of hydrogen-bond acceptors (Lipinski definition) is 4. The molecule has 0 saturated heterocycles. The molecule has 2 rings (SSSR count). The molecule has 20 heavy (non-hydrogen) atoms. The third kappa shape index (κ3) is 2.71. The third-order valence-corrected chi connectivity index (χ3v) is 4.11. The number of carboxylic acids is 1. The Morgan fingerprint density at radius 1 is 1.55 bits per heavy atom. The lowest BCUT2D eigenvalue weighted by molar-refractivity contribution is -0.143. The average molecular weight is 294 g/mol. The molecule has 0 fully saturated rings. The molecule has 1 aromatic heterocycles. The molecule has 1 atom stereocenters. The summed E-state index contributed by atoms with van der Waals surface area (Å²) in [5, 5.41) is 12.3. The summed E-state index contributed by atoms with van der Waals surface area (Å²) in [5.41, 5.74) is 5.38. The summed E-state index contributed by atoms with van der Waals surface area (Å²) in [5.74, 6) is -1.55. The maximum Gasteiger partial charge on any atom is 0.315 e. The van der Waals surface area contributed by atoms with Gasteiger partial charge < -0.3 is 10.8 Å². The van der Waals surface area contributed by atoms with Crippen LogP contribution < -0.4 is 5.73 Å². The van der Waals surface area contributed by atoms with Gasteiger partial charge in [-0.25, -0.2) is 9.37 Å². The van der Waals surface area contributed by atoms with Crippen molar-refractivity contribution in [2.45, 2.75) is 18.8 Å². The maximum absolute atomic E-state index is 13.4. The normalized spacial score (nSPS) is 13.9. The summed E-state index contributed by atoms with van der Waals surface area (Å²) in [6.45, 7) is 1.73. The zero-order valence-electron chi connectivity index (χ0n) is 11.0. The van der Waals surface area contributed by atoms with E-state index in [1.54, 1.807) is 6.07 Å². The Bertz CT molecular complexity index is 629. The van der Waals surface area contributed by atoms with Gasteiger partial charge >= 0.3 is 5.97 Å². The molecule has 0 aliphatic heterocycles. The number of aliphatic carboxylic acids is 1. The molecule has 1 aromatic carbocycles. The van der Waals surface area contributed by atoms with Gasteiger partial charge in [0.25, 0.3) is 0 Å². The van der Waals surface area contributed by atoms with E-state index in [1.807, 2.05) is 12.3 Å². The Balaban J connectivity index is 2.47. The second kappa shape index (κ2) is 5.68. The van der Waals surface area contributed by atoms with Crippen molar-refractivity contribution in [2.75, 3.05) is 6.54 Å². The highest BCUT2D eigenvalue weighted by atomic mass is 32.1. The molecular formula is C14H15FN2O2S. The topological polar surface area (TPSA) is 76.2 Å². The van der Waals surface area contributed by atoms with Gasteiger partial charge in [-0.05, 0) is 24.6 Å². The lowest BCUT2D eigenvalue weighted by Crippen LogP contribution is -2.45. The first kappa shape index (κ1) is 14.6. The van der Waals surface area contributed by atoms with E-state index in [1.165, 1.54) is 29.5 Å². The lowest BCUT2D eigenvalue weighted by atomic mass is 9.77. The second-order valence-electron chi connectivity index (χ2n) is 4.64. The minimum atomic E-state index is -1.36. The molecule has 2 aromatic rings. The minimum absolute atomic E-state index is 0.123. The van der Waals surface area contributed by atoms with Crippen LogP contribution in [-0.2, 0) is 16.6 Å². The number of nitrogens with two attached hydrogens (primary N) is 1. The second-order valence-corrected chi connectivity index (χ2v) is 5.70. The number of rotatable bonds is 5. The number of halogens is 1. The van der Waals surface area contributed by atoms with Crippen molar-refractivity contribution in [3.8, 4) is 0 Å². The van der Waals surface area contributed by atoms with Crippen LogP contribution >= 0.6 is 11.3 Å². The van der Waals surface area contributed by atoms with Gasteiger partial charge in [-0.2, -0.15) is 0 Å². The van der Waals surface area contributed by atoms with Gasteiger partial charge in [0.15, 0.2) is 0 Å².